The lowest BCUT2D eigenvalue weighted by Gasteiger charge is -2.22. The van der Waals surface area contributed by atoms with Gasteiger partial charge in [0.2, 0.25) is 5.91 Å². The van der Waals surface area contributed by atoms with Gasteiger partial charge in [-0.25, -0.2) is 5.48 Å². The second-order valence-corrected chi connectivity index (χ2v) is 4.12. The number of hydrogen-bond acceptors (Lipinski definition) is 4. The highest BCUT2D eigenvalue weighted by molar-refractivity contribution is 5.74. The number of piperidine rings is 1. The molecule has 1 unspecified atom stereocenters. The molecule has 0 saturated carbocycles. The van der Waals surface area contributed by atoms with Crippen LogP contribution in [0.5, 0.6) is 0 Å². The van der Waals surface area contributed by atoms with E-state index in [1.165, 1.54) is 12.8 Å². The van der Waals surface area contributed by atoms with Crippen molar-refractivity contribution >= 4 is 5.91 Å². The molecule has 0 aliphatic carbocycles. The third-order valence-electron chi connectivity index (χ3n) is 2.75. The van der Waals surface area contributed by atoms with Crippen LogP contribution in [0.2, 0.25) is 0 Å². The summed E-state index contributed by atoms with van der Waals surface area (Å²) in [5, 5.41) is 3.34. The molecule has 1 heterocycles. The van der Waals surface area contributed by atoms with E-state index in [2.05, 4.69) is 10.8 Å². The summed E-state index contributed by atoms with van der Waals surface area (Å²) >= 11 is 0. The minimum atomic E-state index is -0.0401. The monoisotopic (exact) mass is 230 g/mol. The number of hydroxylamine groups is 1. The van der Waals surface area contributed by atoms with E-state index in [4.69, 9.17) is 9.57 Å². The zero-order valence-electron chi connectivity index (χ0n) is 9.96. The molecule has 1 saturated heterocycles. The van der Waals surface area contributed by atoms with Crippen LogP contribution < -0.4 is 10.8 Å². The van der Waals surface area contributed by atoms with Gasteiger partial charge < -0.3 is 10.1 Å². The molecular formula is C11H22N2O3. The fraction of sp³-hybridized carbons (Fsp3) is 0.909. The fourth-order valence-corrected chi connectivity index (χ4v) is 1.81. The molecule has 94 valence electrons. The number of amides is 1. The summed E-state index contributed by atoms with van der Waals surface area (Å²) in [5.41, 5.74) is 2.42. The molecule has 0 aromatic heterocycles. The Balaban J connectivity index is 1.96. The van der Waals surface area contributed by atoms with E-state index in [-0.39, 0.29) is 5.91 Å². The van der Waals surface area contributed by atoms with E-state index >= 15 is 0 Å². The highest BCUT2D eigenvalue weighted by Crippen LogP contribution is 2.15. The molecule has 1 aliphatic rings. The maximum Gasteiger partial charge on any atom is 0.243 e. The molecule has 5 nitrogen and oxygen atoms in total. The van der Waals surface area contributed by atoms with E-state index in [9.17, 15) is 4.79 Å². The van der Waals surface area contributed by atoms with Crippen molar-refractivity contribution in [1.82, 2.24) is 10.8 Å². The van der Waals surface area contributed by atoms with Crippen molar-refractivity contribution < 1.29 is 14.4 Å². The van der Waals surface area contributed by atoms with Gasteiger partial charge in [-0.05, 0) is 38.3 Å². The van der Waals surface area contributed by atoms with Crippen molar-refractivity contribution in [2.24, 2.45) is 5.92 Å². The van der Waals surface area contributed by atoms with Crippen molar-refractivity contribution in [3.63, 3.8) is 0 Å². The van der Waals surface area contributed by atoms with Gasteiger partial charge in [0.05, 0.1) is 13.2 Å². The van der Waals surface area contributed by atoms with Crippen LogP contribution in [0.4, 0.5) is 0 Å². The summed E-state index contributed by atoms with van der Waals surface area (Å²) in [7, 11) is 1.60. The first kappa shape index (κ1) is 13.4. The molecule has 0 bridgehead atoms. The number of hydrogen-bond donors (Lipinski definition) is 2. The second-order valence-electron chi connectivity index (χ2n) is 4.12. The Labute approximate surface area is 96.8 Å². The number of nitrogens with one attached hydrogen (secondary N) is 2. The van der Waals surface area contributed by atoms with Crippen LogP contribution in [0.25, 0.3) is 0 Å². The molecule has 0 aromatic carbocycles. The Morgan fingerprint density at radius 3 is 3.06 bits per heavy atom. The van der Waals surface area contributed by atoms with Gasteiger partial charge in [0.15, 0.2) is 0 Å². The zero-order chi connectivity index (χ0) is 11.6. The van der Waals surface area contributed by atoms with Crippen LogP contribution in [-0.2, 0) is 14.4 Å². The standard InChI is InChI=1S/C11H22N2O3/c1-15-7-8-16-13-11(14)5-4-10-3-2-6-12-9-10/h10,12H,2-9H2,1H3,(H,13,14). The van der Waals surface area contributed by atoms with Gasteiger partial charge in [-0.1, -0.05) is 0 Å². The Hall–Kier alpha value is -0.650. The zero-order valence-corrected chi connectivity index (χ0v) is 9.96. The van der Waals surface area contributed by atoms with Crippen LogP contribution in [-0.4, -0.2) is 39.3 Å². The summed E-state index contributed by atoms with van der Waals surface area (Å²) in [5.74, 6) is 0.597. The molecule has 1 aliphatic heterocycles. The van der Waals surface area contributed by atoms with Gasteiger partial charge in [-0.2, -0.15) is 0 Å². The van der Waals surface area contributed by atoms with Gasteiger partial charge >= 0.3 is 0 Å². The predicted molar refractivity (Wildman–Crippen MR) is 60.8 cm³/mol. The molecular weight excluding hydrogens is 208 g/mol. The lowest BCUT2D eigenvalue weighted by molar-refractivity contribution is -0.134. The minimum Gasteiger partial charge on any atom is -0.382 e. The molecule has 1 amide bonds. The molecule has 1 atom stereocenters. The summed E-state index contributed by atoms with van der Waals surface area (Å²) in [4.78, 5) is 16.3. The highest BCUT2D eigenvalue weighted by atomic mass is 16.7. The third kappa shape index (κ3) is 6.05. The maximum atomic E-state index is 11.4. The Kier molecular flexibility index (Phi) is 7.12. The molecule has 0 spiro atoms. The van der Waals surface area contributed by atoms with Crippen LogP contribution in [0, 0.1) is 5.92 Å². The van der Waals surface area contributed by atoms with Crippen molar-refractivity contribution in [2.75, 3.05) is 33.4 Å². The van der Waals surface area contributed by atoms with Crippen molar-refractivity contribution in [3.8, 4) is 0 Å². The Morgan fingerprint density at radius 2 is 2.38 bits per heavy atom. The molecule has 0 radical (unpaired) electrons. The molecule has 5 heteroatoms. The average molecular weight is 230 g/mol. The fourth-order valence-electron chi connectivity index (χ4n) is 1.81. The first-order chi connectivity index (χ1) is 7.83. The lowest BCUT2D eigenvalue weighted by atomic mass is 9.95. The normalized spacial score (nSPS) is 20.7. The number of carbonyl (C=O) groups excluding carboxylic acids is 1. The average Bonchev–Trinajstić information content (AvgIpc) is 2.33. The Morgan fingerprint density at radius 1 is 1.50 bits per heavy atom. The second kappa shape index (κ2) is 8.50. The number of ether oxygens (including phenoxy) is 1. The van der Waals surface area contributed by atoms with E-state index in [0.29, 0.717) is 25.6 Å². The van der Waals surface area contributed by atoms with Crippen molar-refractivity contribution in [1.29, 1.82) is 0 Å². The predicted octanol–water partition coefficient (Wildman–Crippen LogP) is 0.460. The van der Waals surface area contributed by atoms with Gasteiger partial charge in [0, 0.05) is 13.5 Å². The van der Waals surface area contributed by atoms with Crippen LogP contribution in [0.1, 0.15) is 25.7 Å². The van der Waals surface area contributed by atoms with Crippen LogP contribution >= 0.6 is 0 Å². The molecule has 1 rings (SSSR count). The highest BCUT2D eigenvalue weighted by Gasteiger charge is 2.14. The molecule has 16 heavy (non-hydrogen) atoms. The topological polar surface area (TPSA) is 59.6 Å². The maximum absolute atomic E-state index is 11.4. The number of rotatable bonds is 7. The summed E-state index contributed by atoms with van der Waals surface area (Å²) in [6.07, 6.45) is 3.92. The van der Waals surface area contributed by atoms with E-state index in [1.807, 2.05) is 0 Å². The van der Waals surface area contributed by atoms with Crippen molar-refractivity contribution in [3.05, 3.63) is 0 Å². The van der Waals surface area contributed by atoms with E-state index in [0.717, 1.165) is 19.5 Å². The molecule has 0 aromatic rings. The largest absolute Gasteiger partial charge is 0.382 e. The lowest BCUT2D eigenvalue weighted by Crippen LogP contribution is -2.31. The van der Waals surface area contributed by atoms with Gasteiger partial charge in [-0.3, -0.25) is 9.63 Å². The SMILES string of the molecule is COCCONC(=O)CCC1CCCNC1. The van der Waals surface area contributed by atoms with Gasteiger partial charge in [-0.15, -0.1) is 0 Å². The van der Waals surface area contributed by atoms with E-state index < -0.39 is 0 Å². The third-order valence-corrected chi connectivity index (χ3v) is 2.75. The first-order valence-electron chi connectivity index (χ1n) is 5.93. The van der Waals surface area contributed by atoms with Crippen LogP contribution in [0.15, 0.2) is 0 Å². The smallest absolute Gasteiger partial charge is 0.243 e. The summed E-state index contributed by atoms with van der Waals surface area (Å²) in [6.45, 7) is 3.04. The van der Waals surface area contributed by atoms with Gasteiger partial charge in [0.1, 0.15) is 0 Å². The number of methoxy groups -OCH3 is 1. The van der Waals surface area contributed by atoms with Gasteiger partial charge in [0.25, 0.3) is 0 Å². The molecule has 2 N–H and O–H groups in total. The summed E-state index contributed by atoms with van der Waals surface area (Å²) in [6, 6.07) is 0. The number of carbonyl (C=O) groups is 1. The summed E-state index contributed by atoms with van der Waals surface area (Å²) < 4.78 is 4.79. The quantitative estimate of drug-likeness (QED) is 0.493. The molecule has 1 fully saturated rings. The van der Waals surface area contributed by atoms with Crippen LogP contribution in [0.3, 0.4) is 0 Å². The Bertz CT molecular complexity index is 194. The minimum absolute atomic E-state index is 0.0401. The first-order valence-corrected chi connectivity index (χ1v) is 5.93. The van der Waals surface area contributed by atoms with E-state index in [1.54, 1.807) is 7.11 Å². The van der Waals surface area contributed by atoms with Crippen molar-refractivity contribution in [2.45, 2.75) is 25.7 Å².